The smallest absolute Gasteiger partial charge is 0.00133 e. The van der Waals surface area contributed by atoms with Crippen LogP contribution in [0.4, 0.5) is 0 Å². The van der Waals surface area contributed by atoms with Gasteiger partial charge in [0.1, 0.15) is 0 Å². The van der Waals surface area contributed by atoms with Gasteiger partial charge in [0.15, 0.2) is 0 Å². The van der Waals surface area contributed by atoms with Gasteiger partial charge in [-0.2, -0.15) is 0 Å². The van der Waals surface area contributed by atoms with Crippen LogP contribution in [-0.2, 0) is 0 Å². The number of allylic oxidation sites excluding steroid dienone is 4. The van der Waals surface area contributed by atoms with Crippen molar-refractivity contribution in [3.8, 4) is 0 Å². The molecule has 1 aliphatic carbocycles. The zero-order valence-electron chi connectivity index (χ0n) is 11.8. The highest BCUT2D eigenvalue weighted by atomic mass is 15.1. The minimum atomic E-state index is 0.512. The number of hydrogen-bond donors (Lipinski definition) is 0. The van der Waals surface area contributed by atoms with Gasteiger partial charge in [0.25, 0.3) is 0 Å². The molecule has 1 heterocycles. The maximum absolute atomic E-state index is 3.99. The maximum Gasteiger partial charge on any atom is -0.00133 e. The molecule has 0 amide bonds. The molecule has 96 valence electrons. The number of piperidine rings is 1. The first-order chi connectivity index (χ1) is 8.09. The Morgan fingerprint density at radius 2 is 1.71 bits per heavy atom. The molecule has 0 aromatic rings. The number of hydrogen-bond acceptors (Lipinski definition) is 1. The van der Waals surface area contributed by atoms with Crippen LogP contribution in [0, 0.1) is 5.41 Å². The third-order valence-corrected chi connectivity index (χ3v) is 4.16. The molecule has 0 saturated carbocycles. The molecule has 0 aromatic carbocycles. The highest BCUT2D eigenvalue weighted by Gasteiger charge is 2.39. The van der Waals surface area contributed by atoms with E-state index in [1.165, 1.54) is 38.8 Å². The van der Waals surface area contributed by atoms with Gasteiger partial charge in [0.2, 0.25) is 0 Å². The van der Waals surface area contributed by atoms with Crippen LogP contribution in [0.2, 0.25) is 0 Å². The first-order valence-electron chi connectivity index (χ1n) is 6.68. The summed E-state index contributed by atoms with van der Waals surface area (Å²) in [5, 5.41) is 0. The topological polar surface area (TPSA) is 3.24 Å². The van der Waals surface area contributed by atoms with Crippen LogP contribution in [0.3, 0.4) is 0 Å². The molecule has 0 unspecified atom stereocenters. The van der Waals surface area contributed by atoms with Gasteiger partial charge in [-0.3, -0.25) is 0 Å². The number of nitrogens with zero attached hydrogens (tertiary/aromatic N) is 1. The van der Waals surface area contributed by atoms with Crippen molar-refractivity contribution in [1.29, 1.82) is 0 Å². The standard InChI is InChI=1S/C13H21N.C3H6/c1-4-12-11(2)5-6-13(12)7-9-14(3)10-8-13;1-3-2/h4H,1,5-10H2,2-3H3;3H,1H2,2H3. The molecule has 0 atom stereocenters. The van der Waals surface area contributed by atoms with Crippen molar-refractivity contribution in [3.63, 3.8) is 0 Å². The van der Waals surface area contributed by atoms with Crippen LogP contribution in [-0.4, -0.2) is 25.0 Å². The van der Waals surface area contributed by atoms with E-state index < -0.39 is 0 Å². The Morgan fingerprint density at radius 1 is 1.18 bits per heavy atom. The molecular weight excluding hydrogens is 206 g/mol. The Balaban J connectivity index is 0.000000437. The van der Waals surface area contributed by atoms with Crippen molar-refractivity contribution in [2.45, 2.75) is 39.5 Å². The summed E-state index contributed by atoms with van der Waals surface area (Å²) >= 11 is 0. The van der Waals surface area contributed by atoms with Crippen molar-refractivity contribution < 1.29 is 0 Å². The normalized spacial score (nSPS) is 23.2. The third kappa shape index (κ3) is 3.10. The molecule has 2 rings (SSSR count). The van der Waals surface area contributed by atoms with Gasteiger partial charge in [-0.1, -0.05) is 24.3 Å². The zero-order chi connectivity index (χ0) is 12.9. The van der Waals surface area contributed by atoms with Gasteiger partial charge < -0.3 is 4.90 Å². The largest absolute Gasteiger partial charge is 0.306 e. The lowest BCUT2D eigenvalue weighted by molar-refractivity contribution is 0.157. The van der Waals surface area contributed by atoms with Gasteiger partial charge in [-0.25, -0.2) is 0 Å². The van der Waals surface area contributed by atoms with E-state index >= 15 is 0 Å². The zero-order valence-corrected chi connectivity index (χ0v) is 11.8. The molecule has 2 aliphatic rings. The van der Waals surface area contributed by atoms with Crippen molar-refractivity contribution in [2.75, 3.05) is 20.1 Å². The Kier molecular flexibility index (Phi) is 5.20. The second-order valence-electron chi connectivity index (χ2n) is 5.39. The Bertz CT molecular complexity index is 303. The minimum absolute atomic E-state index is 0.512. The fourth-order valence-corrected chi connectivity index (χ4v) is 3.11. The lowest BCUT2D eigenvalue weighted by Crippen LogP contribution is -2.37. The van der Waals surface area contributed by atoms with Crippen molar-refractivity contribution >= 4 is 0 Å². The van der Waals surface area contributed by atoms with E-state index in [0.29, 0.717) is 5.41 Å². The van der Waals surface area contributed by atoms with Gasteiger partial charge in [0.05, 0.1) is 0 Å². The molecule has 1 spiro atoms. The molecule has 1 saturated heterocycles. The first-order valence-corrected chi connectivity index (χ1v) is 6.68. The molecule has 1 aliphatic heterocycles. The van der Waals surface area contributed by atoms with Crippen LogP contribution in [0.5, 0.6) is 0 Å². The maximum atomic E-state index is 3.99. The second kappa shape index (κ2) is 6.20. The van der Waals surface area contributed by atoms with Gasteiger partial charge in [-0.15, -0.1) is 6.58 Å². The summed E-state index contributed by atoms with van der Waals surface area (Å²) in [6.07, 6.45) is 9.21. The SMILES string of the molecule is C=CC.C=CC1=C(C)CCC12CCN(C)CC2. The molecule has 1 heteroatoms. The molecular formula is C16H27N. The number of likely N-dealkylation sites (tertiary alicyclic amines) is 1. The fraction of sp³-hybridized carbons (Fsp3) is 0.625. The molecule has 0 radical (unpaired) electrons. The van der Waals surface area contributed by atoms with Gasteiger partial charge in [0, 0.05) is 0 Å². The first kappa shape index (κ1) is 14.2. The van der Waals surface area contributed by atoms with Crippen LogP contribution < -0.4 is 0 Å². The molecule has 0 N–H and O–H groups in total. The van der Waals surface area contributed by atoms with Crippen molar-refractivity contribution in [1.82, 2.24) is 4.90 Å². The molecule has 1 nitrogen and oxygen atoms in total. The third-order valence-electron chi connectivity index (χ3n) is 4.16. The second-order valence-corrected chi connectivity index (χ2v) is 5.39. The van der Waals surface area contributed by atoms with Gasteiger partial charge >= 0.3 is 0 Å². The molecule has 0 aromatic heterocycles. The fourth-order valence-electron chi connectivity index (χ4n) is 3.11. The predicted molar refractivity (Wildman–Crippen MR) is 77.2 cm³/mol. The Morgan fingerprint density at radius 3 is 2.18 bits per heavy atom. The van der Waals surface area contributed by atoms with E-state index in [0.717, 1.165) is 0 Å². The Labute approximate surface area is 107 Å². The van der Waals surface area contributed by atoms with Crippen LogP contribution in [0.1, 0.15) is 39.5 Å². The summed E-state index contributed by atoms with van der Waals surface area (Å²) in [4.78, 5) is 2.44. The highest BCUT2D eigenvalue weighted by molar-refractivity contribution is 5.35. The Hall–Kier alpha value is -0.820. The van der Waals surface area contributed by atoms with Crippen molar-refractivity contribution in [2.24, 2.45) is 5.41 Å². The van der Waals surface area contributed by atoms with Gasteiger partial charge in [-0.05, 0) is 70.7 Å². The molecule has 1 fully saturated rings. The van der Waals surface area contributed by atoms with Crippen LogP contribution in [0.25, 0.3) is 0 Å². The van der Waals surface area contributed by atoms with E-state index in [-0.39, 0.29) is 0 Å². The number of rotatable bonds is 1. The van der Waals surface area contributed by atoms with Crippen LogP contribution in [0.15, 0.2) is 36.5 Å². The predicted octanol–water partition coefficient (Wildman–Crippen LogP) is 4.19. The summed E-state index contributed by atoms with van der Waals surface area (Å²) < 4.78 is 0. The summed E-state index contributed by atoms with van der Waals surface area (Å²) in [6, 6.07) is 0. The van der Waals surface area contributed by atoms with Crippen LogP contribution >= 0.6 is 0 Å². The highest BCUT2D eigenvalue weighted by Crippen LogP contribution is 2.50. The summed E-state index contributed by atoms with van der Waals surface area (Å²) in [5.74, 6) is 0. The van der Waals surface area contributed by atoms with E-state index in [9.17, 15) is 0 Å². The van der Waals surface area contributed by atoms with E-state index in [2.05, 4.69) is 38.1 Å². The average molecular weight is 233 g/mol. The lowest BCUT2D eigenvalue weighted by atomic mass is 9.73. The summed E-state index contributed by atoms with van der Waals surface area (Å²) in [6.45, 7) is 14.0. The summed E-state index contributed by atoms with van der Waals surface area (Å²) in [5.41, 5.74) is 3.67. The minimum Gasteiger partial charge on any atom is -0.306 e. The quantitative estimate of drug-likeness (QED) is 0.614. The average Bonchev–Trinajstić information content (AvgIpc) is 2.61. The lowest BCUT2D eigenvalue weighted by Gasteiger charge is -2.39. The van der Waals surface area contributed by atoms with E-state index in [4.69, 9.17) is 0 Å². The van der Waals surface area contributed by atoms with Crippen molar-refractivity contribution in [3.05, 3.63) is 36.5 Å². The molecule has 0 bridgehead atoms. The van der Waals surface area contributed by atoms with E-state index in [1.807, 2.05) is 6.92 Å². The summed E-state index contributed by atoms with van der Waals surface area (Å²) in [7, 11) is 2.23. The molecule has 17 heavy (non-hydrogen) atoms. The monoisotopic (exact) mass is 233 g/mol. The van der Waals surface area contributed by atoms with E-state index in [1.54, 1.807) is 17.2 Å².